The summed E-state index contributed by atoms with van der Waals surface area (Å²) in [6.45, 7) is 5.77. The van der Waals surface area contributed by atoms with Crippen LogP contribution >= 0.6 is 0 Å². The van der Waals surface area contributed by atoms with Crippen LogP contribution in [0.2, 0.25) is 0 Å². The molecule has 0 saturated carbocycles. The number of aliphatic hydroxyl groups is 1. The molecule has 1 aliphatic rings. The highest BCUT2D eigenvalue weighted by atomic mass is 16.5. The van der Waals surface area contributed by atoms with E-state index in [1.807, 2.05) is 0 Å². The van der Waals surface area contributed by atoms with Crippen molar-refractivity contribution in [1.82, 2.24) is 10.2 Å². The highest BCUT2D eigenvalue weighted by molar-refractivity contribution is 5.81. The zero-order valence-electron chi connectivity index (χ0n) is 12.3. The number of hydrogen-bond donors (Lipinski definition) is 2. The first kappa shape index (κ1) is 17.3. The van der Waals surface area contributed by atoms with Gasteiger partial charge in [-0.3, -0.25) is 4.79 Å². The molecule has 0 aliphatic carbocycles. The van der Waals surface area contributed by atoms with Crippen LogP contribution in [0, 0.1) is 0 Å². The van der Waals surface area contributed by atoms with Crippen LogP contribution in [0.15, 0.2) is 0 Å². The molecule has 1 rings (SSSR count). The predicted octanol–water partition coefficient (Wildman–Crippen LogP) is -1.15. The third-order valence-electron chi connectivity index (χ3n) is 3.09. The Morgan fingerprint density at radius 1 is 1.40 bits per heavy atom. The number of aliphatic hydroxyl groups excluding tert-OH is 1. The van der Waals surface area contributed by atoms with Crippen molar-refractivity contribution in [3.63, 3.8) is 0 Å². The Bertz CT molecular complexity index is 271. The van der Waals surface area contributed by atoms with Crippen LogP contribution in [0.5, 0.6) is 0 Å². The largest absolute Gasteiger partial charge is 0.389 e. The molecule has 2 N–H and O–H groups in total. The first-order valence-electron chi connectivity index (χ1n) is 6.99. The van der Waals surface area contributed by atoms with Crippen LogP contribution in [0.1, 0.15) is 6.92 Å². The molecule has 20 heavy (non-hydrogen) atoms. The molecule has 1 saturated heterocycles. The molecule has 1 amide bonds. The number of morpholine rings is 1. The molecule has 1 heterocycles. The SMILES string of the molecule is COCCOCC(O)CNC(C)C(=O)N1CCOCC1. The Hall–Kier alpha value is -0.730. The maximum Gasteiger partial charge on any atom is 0.239 e. The first-order chi connectivity index (χ1) is 9.65. The number of methoxy groups -OCH3 is 1. The Labute approximate surface area is 120 Å². The fraction of sp³-hybridized carbons (Fsp3) is 0.923. The molecule has 0 aromatic rings. The standard InChI is InChI=1S/C13H26N2O5/c1-11(13(17)15-3-5-19-6-4-15)14-9-12(16)10-20-8-7-18-2/h11-12,14,16H,3-10H2,1-2H3. The summed E-state index contributed by atoms with van der Waals surface area (Å²) in [5.41, 5.74) is 0. The molecule has 0 bridgehead atoms. The fourth-order valence-electron chi connectivity index (χ4n) is 1.88. The van der Waals surface area contributed by atoms with Crippen molar-refractivity contribution in [3.05, 3.63) is 0 Å². The van der Waals surface area contributed by atoms with Gasteiger partial charge in [-0.05, 0) is 6.92 Å². The van der Waals surface area contributed by atoms with Crippen LogP contribution in [0.3, 0.4) is 0 Å². The van der Waals surface area contributed by atoms with Crippen molar-refractivity contribution in [2.24, 2.45) is 0 Å². The lowest BCUT2D eigenvalue weighted by Crippen LogP contribution is -2.50. The van der Waals surface area contributed by atoms with Gasteiger partial charge in [-0.15, -0.1) is 0 Å². The average molecular weight is 290 g/mol. The summed E-state index contributed by atoms with van der Waals surface area (Å²) >= 11 is 0. The highest BCUT2D eigenvalue weighted by Gasteiger charge is 2.22. The lowest BCUT2D eigenvalue weighted by molar-refractivity contribution is -0.137. The maximum absolute atomic E-state index is 12.1. The van der Waals surface area contributed by atoms with E-state index in [1.54, 1.807) is 18.9 Å². The number of carbonyl (C=O) groups is 1. The van der Waals surface area contributed by atoms with Crippen LogP contribution in [-0.4, -0.2) is 87.8 Å². The minimum absolute atomic E-state index is 0.0424. The van der Waals surface area contributed by atoms with E-state index in [0.717, 1.165) is 0 Å². The molecule has 1 fully saturated rings. The minimum Gasteiger partial charge on any atom is -0.389 e. The van der Waals surface area contributed by atoms with Crippen molar-refractivity contribution < 1.29 is 24.1 Å². The summed E-state index contributed by atoms with van der Waals surface area (Å²) in [5, 5.41) is 12.7. The molecular weight excluding hydrogens is 264 g/mol. The lowest BCUT2D eigenvalue weighted by Gasteiger charge is -2.29. The van der Waals surface area contributed by atoms with Gasteiger partial charge in [0.15, 0.2) is 0 Å². The van der Waals surface area contributed by atoms with E-state index in [4.69, 9.17) is 14.2 Å². The Morgan fingerprint density at radius 2 is 2.10 bits per heavy atom. The van der Waals surface area contributed by atoms with E-state index < -0.39 is 6.10 Å². The number of rotatable bonds is 9. The van der Waals surface area contributed by atoms with Gasteiger partial charge < -0.3 is 29.5 Å². The predicted molar refractivity (Wildman–Crippen MR) is 73.6 cm³/mol. The monoisotopic (exact) mass is 290 g/mol. The van der Waals surface area contributed by atoms with Gasteiger partial charge in [0.05, 0.1) is 45.2 Å². The summed E-state index contributed by atoms with van der Waals surface area (Å²) in [4.78, 5) is 13.9. The number of ether oxygens (including phenoxy) is 3. The highest BCUT2D eigenvalue weighted by Crippen LogP contribution is 2.00. The molecule has 0 aromatic carbocycles. The van der Waals surface area contributed by atoms with Crippen molar-refractivity contribution >= 4 is 5.91 Å². The van der Waals surface area contributed by atoms with Crippen molar-refractivity contribution in [3.8, 4) is 0 Å². The molecule has 1 aliphatic heterocycles. The van der Waals surface area contributed by atoms with E-state index in [0.29, 0.717) is 46.1 Å². The topological polar surface area (TPSA) is 80.3 Å². The number of hydrogen-bond acceptors (Lipinski definition) is 6. The Morgan fingerprint density at radius 3 is 2.75 bits per heavy atom. The quantitative estimate of drug-likeness (QED) is 0.522. The summed E-state index contributed by atoms with van der Waals surface area (Å²) in [6.07, 6.45) is -0.633. The first-order valence-corrected chi connectivity index (χ1v) is 6.99. The Balaban J connectivity index is 2.14. The molecular formula is C13H26N2O5. The van der Waals surface area contributed by atoms with Crippen LogP contribution in [0.4, 0.5) is 0 Å². The normalized spacial score (nSPS) is 18.9. The fourth-order valence-corrected chi connectivity index (χ4v) is 1.88. The molecule has 2 atom stereocenters. The van der Waals surface area contributed by atoms with Crippen molar-refractivity contribution in [2.75, 3.05) is 59.8 Å². The molecule has 118 valence electrons. The van der Waals surface area contributed by atoms with Gasteiger partial charge in [0.25, 0.3) is 0 Å². The second-order valence-electron chi connectivity index (χ2n) is 4.79. The van der Waals surface area contributed by atoms with Crippen LogP contribution in [-0.2, 0) is 19.0 Å². The van der Waals surface area contributed by atoms with E-state index in [2.05, 4.69) is 5.32 Å². The summed E-state index contributed by atoms with van der Waals surface area (Å²) in [5.74, 6) is 0.0424. The summed E-state index contributed by atoms with van der Waals surface area (Å²) in [6, 6.07) is -0.318. The smallest absolute Gasteiger partial charge is 0.239 e. The van der Waals surface area contributed by atoms with Gasteiger partial charge >= 0.3 is 0 Å². The second kappa shape index (κ2) is 10.1. The number of carbonyl (C=O) groups excluding carboxylic acids is 1. The van der Waals surface area contributed by atoms with Crippen molar-refractivity contribution in [1.29, 1.82) is 0 Å². The molecule has 0 aromatic heterocycles. The molecule has 2 unspecified atom stereocenters. The second-order valence-corrected chi connectivity index (χ2v) is 4.79. The Kier molecular flexibility index (Phi) is 8.72. The molecule has 7 heteroatoms. The van der Waals surface area contributed by atoms with Gasteiger partial charge in [0.1, 0.15) is 0 Å². The third kappa shape index (κ3) is 6.62. The van der Waals surface area contributed by atoms with E-state index >= 15 is 0 Å². The molecule has 0 radical (unpaired) electrons. The maximum atomic E-state index is 12.1. The van der Waals surface area contributed by atoms with Gasteiger partial charge in [-0.25, -0.2) is 0 Å². The third-order valence-corrected chi connectivity index (χ3v) is 3.09. The van der Waals surface area contributed by atoms with E-state index in [9.17, 15) is 9.90 Å². The minimum atomic E-state index is -0.633. The lowest BCUT2D eigenvalue weighted by atomic mass is 10.2. The number of amides is 1. The molecule has 0 spiro atoms. The molecule has 7 nitrogen and oxygen atoms in total. The van der Waals surface area contributed by atoms with Crippen molar-refractivity contribution in [2.45, 2.75) is 19.1 Å². The number of nitrogens with zero attached hydrogens (tertiary/aromatic N) is 1. The average Bonchev–Trinajstić information content (AvgIpc) is 2.49. The van der Waals surface area contributed by atoms with Gasteiger partial charge in [0.2, 0.25) is 5.91 Å². The number of nitrogens with one attached hydrogen (secondary N) is 1. The van der Waals surface area contributed by atoms with Gasteiger partial charge in [-0.1, -0.05) is 0 Å². The summed E-state index contributed by atoms with van der Waals surface area (Å²) in [7, 11) is 1.60. The summed E-state index contributed by atoms with van der Waals surface area (Å²) < 4.78 is 15.3. The van der Waals surface area contributed by atoms with E-state index in [-0.39, 0.29) is 18.6 Å². The van der Waals surface area contributed by atoms with Crippen LogP contribution in [0.25, 0.3) is 0 Å². The van der Waals surface area contributed by atoms with E-state index in [1.165, 1.54) is 0 Å². The van der Waals surface area contributed by atoms with Gasteiger partial charge in [-0.2, -0.15) is 0 Å². The van der Waals surface area contributed by atoms with Gasteiger partial charge in [0, 0.05) is 26.7 Å². The zero-order valence-corrected chi connectivity index (χ0v) is 12.3. The zero-order chi connectivity index (χ0) is 14.8. The van der Waals surface area contributed by atoms with Crippen LogP contribution < -0.4 is 5.32 Å².